The largest absolute Gasteiger partial charge is 0.349 e. The Morgan fingerprint density at radius 3 is 2.80 bits per heavy atom. The van der Waals surface area contributed by atoms with E-state index in [2.05, 4.69) is 5.32 Å². The molecule has 3 rings (SSSR count). The SMILES string of the molecule is CC1(NC(=O)C2Cc3ccccc3S2)CCS(=O)(=O)C1. The van der Waals surface area contributed by atoms with Crippen molar-refractivity contribution in [2.24, 2.45) is 0 Å². The molecule has 1 N–H and O–H groups in total. The van der Waals surface area contributed by atoms with E-state index in [-0.39, 0.29) is 22.7 Å². The molecule has 0 bridgehead atoms. The lowest BCUT2D eigenvalue weighted by Crippen LogP contribution is -2.50. The van der Waals surface area contributed by atoms with Gasteiger partial charge in [-0.1, -0.05) is 18.2 Å². The van der Waals surface area contributed by atoms with E-state index >= 15 is 0 Å². The summed E-state index contributed by atoms with van der Waals surface area (Å²) in [4.78, 5) is 13.5. The van der Waals surface area contributed by atoms with Gasteiger partial charge in [-0.15, -0.1) is 11.8 Å². The van der Waals surface area contributed by atoms with Crippen LogP contribution in [0.15, 0.2) is 29.2 Å². The van der Waals surface area contributed by atoms with Crippen LogP contribution in [0.5, 0.6) is 0 Å². The van der Waals surface area contributed by atoms with Crippen molar-refractivity contribution in [1.29, 1.82) is 0 Å². The van der Waals surface area contributed by atoms with Crippen LogP contribution >= 0.6 is 11.8 Å². The Morgan fingerprint density at radius 1 is 1.40 bits per heavy atom. The third-order valence-electron chi connectivity index (χ3n) is 3.87. The number of thioether (sulfide) groups is 1. The van der Waals surface area contributed by atoms with Crippen LogP contribution in [0.3, 0.4) is 0 Å². The van der Waals surface area contributed by atoms with Crippen LogP contribution < -0.4 is 5.32 Å². The number of carbonyl (C=O) groups excluding carboxylic acids is 1. The Morgan fingerprint density at radius 2 is 2.15 bits per heavy atom. The number of carbonyl (C=O) groups is 1. The maximum Gasteiger partial charge on any atom is 0.234 e. The average molecular weight is 311 g/mol. The van der Waals surface area contributed by atoms with Gasteiger partial charge in [-0.05, 0) is 31.4 Å². The molecule has 2 aliphatic heterocycles. The summed E-state index contributed by atoms with van der Waals surface area (Å²) in [6.07, 6.45) is 1.22. The van der Waals surface area contributed by atoms with Crippen LogP contribution in [-0.2, 0) is 21.1 Å². The average Bonchev–Trinajstić information content (AvgIpc) is 2.90. The number of hydrogen-bond donors (Lipinski definition) is 1. The maximum atomic E-state index is 12.4. The van der Waals surface area contributed by atoms with Gasteiger partial charge in [0.2, 0.25) is 5.91 Å². The second-order valence-corrected chi connectivity index (χ2v) is 9.24. The Kier molecular flexibility index (Phi) is 3.33. The molecule has 0 spiro atoms. The van der Waals surface area contributed by atoms with Crippen molar-refractivity contribution in [2.45, 2.75) is 35.4 Å². The van der Waals surface area contributed by atoms with Gasteiger partial charge >= 0.3 is 0 Å². The number of amides is 1. The highest BCUT2D eigenvalue weighted by atomic mass is 32.2. The third kappa shape index (κ3) is 2.72. The van der Waals surface area contributed by atoms with Crippen LogP contribution in [0.4, 0.5) is 0 Å². The van der Waals surface area contributed by atoms with Gasteiger partial charge in [0.05, 0.1) is 22.3 Å². The van der Waals surface area contributed by atoms with E-state index in [9.17, 15) is 13.2 Å². The van der Waals surface area contributed by atoms with E-state index in [0.29, 0.717) is 6.42 Å². The molecule has 2 atom stereocenters. The van der Waals surface area contributed by atoms with Gasteiger partial charge < -0.3 is 5.32 Å². The number of rotatable bonds is 2. The zero-order valence-corrected chi connectivity index (χ0v) is 12.9. The van der Waals surface area contributed by atoms with Gasteiger partial charge in [-0.3, -0.25) is 4.79 Å². The fraction of sp³-hybridized carbons (Fsp3) is 0.500. The van der Waals surface area contributed by atoms with Crippen molar-refractivity contribution in [2.75, 3.05) is 11.5 Å². The van der Waals surface area contributed by atoms with Crippen LogP contribution in [0.1, 0.15) is 18.9 Å². The number of sulfone groups is 1. The first-order valence-corrected chi connectivity index (χ1v) is 9.34. The molecule has 0 radical (unpaired) electrons. The number of benzene rings is 1. The second-order valence-electron chi connectivity index (χ2n) is 5.81. The summed E-state index contributed by atoms with van der Waals surface area (Å²) < 4.78 is 23.1. The smallest absolute Gasteiger partial charge is 0.234 e. The summed E-state index contributed by atoms with van der Waals surface area (Å²) in [5.74, 6) is 0.170. The lowest BCUT2D eigenvalue weighted by molar-refractivity contribution is -0.122. The molecule has 1 amide bonds. The monoisotopic (exact) mass is 311 g/mol. The highest BCUT2D eigenvalue weighted by molar-refractivity contribution is 8.01. The van der Waals surface area contributed by atoms with Gasteiger partial charge in [0.1, 0.15) is 0 Å². The van der Waals surface area contributed by atoms with Crippen LogP contribution in [0.2, 0.25) is 0 Å². The van der Waals surface area contributed by atoms with E-state index < -0.39 is 15.4 Å². The van der Waals surface area contributed by atoms with E-state index in [4.69, 9.17) is 0 Å². The molecule has 1 saturated heterocycles. The zero-order chi connectivity index (χ0) is 14.4. The maximum absolute atomic E-state index is 12.4. The molecule has 1 fully saturated rings. The molecule has 2 aliphatic rings. The fourth-order valence-electron chi connectivity index (χ4n) is 2.82. The molecule has 0 aliphatic carbocycles. The molecule has 1 aromatic carbocycles. The summed E-state index contributed by atoms with van der Waals surface area (Å²) in [5, 5.41) is 2.80. The lowest BCUT2D eigenvalue weighted by atomic mass is 10.0. The molecule has 108 valence electrons. The lowest BCUT2D eigenvalue weighted by Gasteiger charge is -2.25. The molecule has 1 aromatic rings. The molecule has 0 aromatic heterocycles. The topological polar surface area (TPSA) is 63.2 Å². The summed E-state index contributed by atoms with van der Waals surface area (Å²) in [5.41, 5.74) is 0.590. The Bertz CT molecular complexity index is 631. The second kappa shape index (κ2) is 4.77. The minimum Gasteiger partial charge on any atom is -0.349 e. The predicted octanol–water partition coefficient (Wildman–Crippen LogP) is 1.40. The fourth-order valence-corrected chi connectivity index (χ4v) is 6.10. The zero-order valence-electron chi connectivity index (χ0n) is 11.3. The molecular formula is C14H17NO3S2. The molecule has 20 heavy (non-hydrogen) atoms. The number of hydrogen-bond acceptors (Lipinski definition) is 4. The highest BCUT2D eigenvalue weighted by Gasteiger charge is 2.41. The van der Waals surface area contributed by atoms with Crippen molar-refractivity contribution in [1.82, 2.24) is 5.32 Å². The first-order valence-electron chi connectivity index (χ1n) is 6.64. The Labute approximate surface area is 123 Å². The minimum atomic E-state index is -3.00. The van der Waals surface area contributed by atoms with E-state index in [1.165, 1.54) is 5.56 Å². The van der Waals surface area contributed by atoms with Gasteiger partial charge in [-0.2, -0.15) is 0 Å². The van der Waals surface area contributed by atoms with E-state index in [0.717, 1.165) is 11.3 Å². The summed E-state index contributed by atoms with van der Waals surface area (Å²) in [6, 6.07) is 8.01. The normalized spacial score (nSPS) is 30.9. The summed E-state index contributed by atoms with van der Waals surface area (Å²) in [7, 11) is -3.00. The molecule has 6 heteroatoms. The van der Waals surface area contributed by atoms with Crippen LogP contribution in [0.25, 0.3) is 0 Å². The molecular weight excluding hydrogens is 294 g/mol. The molecule has 2 heterocycles. The van der Waals surface area contributed by atoms with Crippen molar-refractivity contribution in [3.8, 4) is 0 Å². The molecule has 0 saturated carbocycles. The minimum absolute atomic E-state index is 0.0502. The van der Waals surface area contributed by atoms with E-state index in [1.807, 2.05) is 31.2 Å². The number of nitrogens with one attached hydrogen (secondary N) is 1. The van der Waals surface area contributed by atoms with Gasteiger partial charge in [0.15, 0.2) is 9.84 Å². The Hall–Kier alpha value is -1.01. The van der Waals surface area contributed by atoms with Crippen LogP contribution in [-0.4, -0.2) is 36.6 Å². The van der Waals surface area contributed by atoms with Crippen molar-refractivity contribution in [3.05, 3.63) is 29.8 Å². The first-order chi connectivity index (χ1) is 9.37. The highest BCUT2D eigenvalue weighted by Crippen LogP contribution is 2.37. The van der Waals surface area contributed by atoms with E-state index in [1.54, 1.807) is 11.8 Å². The van der Waals surface area contributed by atoms with Gasteiger partial charge in [0, 0.05) is 4.90 Å². The summed E-state index contributed by atoms with van der Waals surface area (Å²) in [6.45, 7) is 1.82. The van der Waals surface area contributed by atoms with Crippen molar-refractivity contribution in [3.63, 3.8) is 0 Å². The first kappa shape index (κ1) is 13.9. The van der Waals surface area contributed by atoms with Crippen LogP contribution in [0, 0.1) is 0 Å². The molecule has 2 unspecified atom stereocenters. The number of fused-ring (bicyclic) bond motifs is 1. The van der Waals surface area contributed by atoms with Crippen molar-refractivity contribution < 1.29 is 13.2 Å². The Balaban J connectivity index is 1.67. The van der Waals surface area contributed by atoms with Crippen molar-refractivity contribution >= 4 is 27.5 Å². The molecule has 4 nitrogen and oxygen atoms in total. The summed E-state index contributed by atoms with van der Waals surface area (Å²) >= 11 is 1.56. The predicted molar refractivity (Wildman–Crippen MR) is 79.6 cm³/mol. The quantitative estimate of drug-likeness (QED) is 0.897. The van der Waals surface area contributed by atoms with Gasteiger partial charge in [-0.25, -0.2) is 8.42 Å². The van der Waals surface area contributed by atoms with Gasteiger partial charge in [0.25, 0.3) is 0 Å². The third-order valence-corrected chi connectivity index (χ3v) is 7.09. The standard InChI is InChI=1S/C14H17NO3S2/c1-14(6-7-20(17,18)9-14)15-13(16)12-8-10-4-2-3-5-11(10)19-12/h2-5,12H,6-9H2,1H3,(H,15,16).